The number of carbonyl (C=O) groups excluding carboxylic acids is 1. The van der Waals surface area contributed by atoms with Crippen LogP contribution in [0.1, 0.15) is 19.4 Å². The number of carboxylic acids is 1. The van der Waals surface area contributed by atoms with Crippen molar-refractivity contribution in [3.8, 4) is 0 Å². The van der Waals surface area contributed by atoms with Crippen LogP contribution in [0.3, 0.4) is 0 Å². The van der Waals surface area contributed by atoms with Crippen molar-refractivity contribution in [1.82, 2.24) is 4.90 Å². The first-order valence-corrected chi connectivity index (χ1v) is 5.87. The van der Waals surface area contributed by atoms with Crippen LogP contribution >= 0.6 is 0 Å². The number of nitrogens with zero attached hydrogens (tertiary/aromatic N) is 1. The standard InChI is InChI=1S/C13H17FN2O3/c1-8(2)16(7-12(17)18)13(19)15-11-5-4-10(14)6-9(11)3/h4-6,8H,7H2,1-3H3,(H,15,19)(H,17,18). The summed E-state index contributed by atoms with van der Waals surface area (Å²) in [6, 6.07) is 3.21. The third kappa shape index (κ3) is 4.24. The Bertz CT molecular complexity index is 489. The molecule has 0 aliphatic carbocycles. The molecule has 2 amide bonds. The molecule has 1 rings (SSSR count). The van der Waals surface area contributed by atoms with E-state index in [1.165, 1.54) is 23.1 Å². The number of hydrogen-bond donors (Lipinski definition) is 2. The summed E-state index contributed by atoms with van der Waals surface area (Å²) in [6.45, 7) is 4.72. The molecule has 0 atom stereocenters. The molecule has 6 heteroatoms. The van der Waals surface area contributed by atoms with Gasteiger partial charge in [0.15, 0.2) is 0 Å². The molecule has 0 spiro atoms. The molecule has 5 nitrogen and oxygen atoms in total. The monoisotopic (exact) mass is 268 g/mol. The second kappa shape index (κ2) is 6.17. The van der Waals surface area contributed by atoms with Crippen molar-refractivity contribution in [2.45, 2.75) is 26.8 Å². The fourth-order valence-corrected chi connectivity index (χ4v) is 1.59. The number of anilines is 1. The van der Waals surface area contributed by atoms with Crippen LogP contribution < -0.4 is 5.32 Å². The summed E-state index contributed by atoms with van der Waals surface area (Å²) in [5.74, 6) is -1.47. The number of hydrogen-bond acceptors (Lipinski definition) is 2. The van der Waals surface area contributed by atoms with Crippen LogP contribution in [0.4, 0.5) is 14.9 Å². The third-order valence-corrected chi connectivity index (χ3v) is 2.62. The summed E-state index contributed by atoms with van der Waals surface area (Å²) in [7, 11) is 0. The lowest BCUT2D eigenvalue weighted by Crippen LogP contribution is -2.43. The van der Waals surface area contributed by atoms with Gasteiger partial charge in [0.25, 0.3) is 0 Å². The Labute approximate surface area is 111 Å². The molecule has 0 saturated carbocycles. The minimum atomic E-state index is -1.08. The van der Waals surface area contributed by atoms with Crippen LogP contribution in [0, 0.1) is 12.7 Å². The van der Waals surface area contributed by atoms with Crippen LogP contribution in [-0.4, -0.2) is 34.6 Å². The molecular weight excluding hydrogens is 251 g/mol. The number of aliphatic carboxylic acids is 1. The maximum atomic E-state index is 12.9. The van der Waals surface area contributed by atoms with E-state index in [1.54, 1.807) is 20.8 Å². The van der Waals surface area contributed by atoms with E-state index in [4.69, 9.17) is 5.11 Å². The molecule has 1 aromatic rings. The molecule has 2 N–H and O–H groups in total. The molecule has 0 unspecified atom stereocenters. The highest BCUT2D eigenvalue weighted by atomic mass is 19.1. The predicted octanol–water partition coefficient (Wildman–Crippen LogP) is 2.46. The second-order valence-electron chi connectivity index (χ2n) is 4.50. The fourth-order valence-electron chi connectivity index (χ4n) is 1.59. The van der Waals surface area contributed by atoms with Crippen molar-refractivity contribution in [2.75, 3.05) is 11.9 Å². The van der Waals surface area contributed by atoms with Gasteiger partial charge in [0.05, 0.1) is 0 Å². The molecule has 0 fully saturated rings. The first-order valence-electron chi connectivity index (χ1n) is 5.87. The normalized spacial score (nSPS) is 10.4. The lowest BCUT2D eigenvalue weighted by molar-refractivity contribution is -0.137. The molecule has 0 aliphatic heterocycles. The number of rotatable bonds is 4. The number of carboxylic acid groups (broad SMARTS) is 1. The molecular formula is C13H17FN2O3. The largest absolute Gasteiger partial charge is 0.480 e. The van der Waals surface area contributed by atoms with Gasteiger partial charge in [0.1, 0.15) is 12.4 Å². The van der Waals surface area contributed by atoms with Crippen molar-refractivity contribution < 1.29 is 19.1 Å². The summed E-state index contributed by atoms with van der Waals surface area (Å²) in [6.07, 6.45) is 0. The maximum Gasteiger partial charge on any atom is 0.323 e. The van der Waals surface area contributed by atoms with Crippen LogP contribution in [0.2, 0.25) is 0 Å². The molecule has 0 saturated heterocycles. The molecule has 0 heterocycles. The zero-order chi connectivity index (χ0) is 14.6. The Kier molecular flexibility index (Phi) is 4.86. The molecule has 19 heavy (non-hydrogen) atoms. The van der Waals surface area contributed by atoms with Gasteiger partial charge < -0.3 is 15.3 Å². The SMILES string of the molecule is Cc1cc(F)ccc1NC(=O)N(CC(=O)O)C(C)C. The highest BCUT2D eigenvalue weighted by molar-refractivity contribution is 5.92. The summed E-state index contributed by atoms with van der Waals surface area (Å²) < 4.78 is 12.9. The van der Waals surface area contributed by atoms with E-state index in [2.05, 4.69) is 5.32 Å². The molecule has 0 aliphatic rings. The average Bonchev–Trinajstić information content (AvgIpc) is 2.29. The van der Waals surface area contributed by atoms with Gasteiger partial charge in [-0.05, 0) is 44.5 Å². The Morgan fingerprint density at radius 2 is 2.05 bits per heavy atom. The van der Waals surface area contributed by atoms with Crippen molar-refractivity contribution in [2.24, 2.45) is 0 Å². The highest BCUT2D eigenvalue weighted by Crippen LogP contribution is 2.16. The molecule has 0 radical (unpaired) electrons. The number of benzene rings is 1. The van der Waals surface area contributed by atoms with Gasteiger partial charge in [-0.3, -0.25) is 4.79 Å². The summed E-state index contributed by atoms with van der Waals surface area (Å²) in [5.41, 5.74) is 1.04. The quantitative estimate of drug-likeness (QED) is 0.881. The zero-order valence-electron chi connectivity index (χ0n) is 11.1. The van der Waals surface area contributed by atoms with E-state index in [1.807, 2.05) is 0 Å². The smallest absolute Gasteiger partial charge is 0.323 e. The van der Waals surface area contributed by atoms with Gasteiger partial charge in [-0.25, -0.2) is 9.18 Å². The number of amides is 2. The Morgan fingerprint density at radius 1 is 1.42 bits per heavy atom. The number of urea groups is 1. The van der Waals surface area contributed by atoms with Crippen molar-refractivity contribution >= 4 is 17.7 Å². The first-order chi connectivity index (χ1) is 8.81. The molecule has 0 aromatic heterocycles. The average molecular weight is 268 g/mol. The van der Waals surface area contributed by atoms with E-state index in [9.17, 15) is 14.0 Å². The zero-order valence-corrected chi connectivity index (χ0v) is 11.1. The van der Waals surface area contributed by atoms with Gasteiger partial charge in [-0.1, -0.05) is 0 Å². The van der Waals surface area contributed by atoms with Crippen LogP contribution in [0.5, 0.6) is 0 Å². The topological polar surface area (TPSA) is 69.6 Å². The molecule has 104 valence electrons. The van der Waals surface area contributed by atoms with E-state index in [0.29, 0.717) is 11.3 Å². The van der Waals surface area contributed by atoms with E-state index in [-0.39, 0.29) is 18.4 Å². The van der Waals surface area contributed by atoms with Crippen molar-refractivity contribution in [1.29, 1.82) is 0 Å². The van der Waals surface area contributed by atoms with Gasteiger partial charge >= 0.3 is 12.0 Å². The minimum absolute atomic E-state index is 0.253. The van der Waals surface area contributed by atoms with E-state index < -0.39 is 12.0 Å². The van der Waals surface area contributed by atoms with Crippen molar-refractivity contribution in [3.05, 3.63) is 29.6 Å². The first kappa shape index (κ1) is 14.9. The van der Waals surface area contributed by atoms with Crippen LogP contribution in [-0.2, 0) is 4.79 Å². The summed E-state index contributed by atoms with van der Waals surface area (Å²) >= 11 is 0. The number of halogens is 1. The van der Waals surface area contributed by atoms with Crippen LogP contribution in [0.25, 0.3) is 0 Å². The summed E-state index contributed by atoms with van der Waals surface area (Å²) in [4.78, 5) is 23.9. The second-order valence-corrected chi connectivity index (χ2v) is 4.50. The third-order valence-electron chi connectivity index (χ3n) is 2.62. The van der Waals surface area contributed by atoms with Crippen molar-refractivity contribution in [3.63, 3.8) is 0 Å². The fraction of sp³-hybridized carbons (Fsp3) is 0.385. The maximum absolute atomic E-state index is 12.9. The Balaban J connectivity index is 2.84. The van der Waals surface area contributed by atoms with Crippen LogP contribution in [0.15, 0.2) is 18.2 Å². The van der Waals surface area contributed by atoms with Gasteiger partial charge in [0.2, 0.25) is 0 Å². The van der Waals surface area contributed by atoms with Gasteiger partial charge in [-0.2, -0.15) is 0 Å². The Morgan fingerprint density at radius 3 is 2.53 bits per heavy atom. The number of carbonyl (C=O) groups is 2. The number of nitrogens with one attached hydrogen (secondary N) is 1. The van der Waals surface area contributed by atoms with Gasteiger partial charge in [0, 0.05) is 11.7 Å². The molecule has 0 bridgehead atoms. The minimum Gasteiger partial charge on any atom is -0.480 e. The van der Waals surface area contributed by atoms with Gasteiger partial charge in [-0.15, -0.1) is 0 Å². The highest BCUT2D eigenvalue weighted by Gasteiger charge is 2.20. The lowest BCUT2D eigenvalue weighted by atomic mass is 10.2. The Hall–Kier alpha value is -2.11. The molecule has 1 aromatic carbocycles. The summed E-state index contributed by atoms with van der Waals surface area (Å²) in [5, 5.41) is 11.3. The van der Waals surface area contributed by atoms with E-state index in [0.717, 1.165) is 0 Å². The predicted molar refractivity (Wildman–Crippen MR) is 69.6 cm³/mol. The number of aryl methyl sites for hydroxylation is 1. The lowest BCUT2D eigenvalue weighted by Gasteiger charge is -2.25. The van der Waals surface area contributed by atoms with E-state index >= 15 is 0 Å².